The number of carboxylic acid groups (broad SMARTS) is 1. The molecule has 1 atom stereocenters. The molecule has 0 aliphatic carbocycles. The summed E-state index contributed by atoms with van der Waals surface area (Å²) in [5.41, 5.74) is 1.11. The number of halogens is 1. The van der Waals surface area contributed by atoms with Crippen molar-refractivity contribution in [2.45, 2.75) is 32.1 Å². The summed E-state index contributed by atoms with van der Waals surface area (Å²) in [5.74, 6) is -0.787. The minimum Gasteiger partial charge on any atom is -0.481 e. The van der Waals surface area contributed by atoms with Crippen molar-refractivity contribution in [2.24, 2.45) is 0 Å². The second-order valence-electron chi connectivity index (χ2n) is 4.50. The van der Waals surface area contributed by atoms with Crippen LogP contribution in [0.15, 0.2) is 24.3 Å². The smallest absolute Gasteiger partial charge is 0.303 e. The van der Waals surface area contributed by atoms with Crippen molar-refractivity contribution in [3.05, 3.63) is 34.9 Å². The summed E-state index contributed by atoms with van der Waals surface area (Å²) in [6.07, 6.45) is 0.649. The highest BCUT2D eigenvalue weighted by Crippen LogP contribution is 2.17. The molecule has 1 aromatic rings. The van der Waals surface area contributed by atoms with E-state index in [1.165, 1.54) is 0 Å². The summed E-state index contributed by atoms with van der Waals surface area (Å²) in [6, 6.07) is 7.51. The molecule has 5 heteroatoms. The van der Waals surface area contributed by atoms with Gasteiger partial charge >= 0.3 is 5.97 Å². The SMILES string of the molecule is CC(CNC(=O)CCCC(=O)O)c1ccc(Cl)cc1. The largest absolute Gasteiger partial charge is 0.481 e. The zero-order valence-electron chi connectivity index (χ0n) is 10.9. The van der Waals surface area contributed by atoms with E-state index in [1.54, 1.807) is 0 Å². The minimum atomic E-state index is -0.873. The van der Waals surface area contributed by atoms with E-state index in [2.05, 4.69) is 5.32 Å². The zero-order chi connectivity index (χ0) is 14.3. The van der Waals surface area contributed by atoms with Gasteiger partial charge in [-0.2, -0.15) is 0 Å². The lowest BCUT2D eigenvalue weighted by Crippen LogP contribution is -2.27. The molecule has 1 rings (SSSR count). The topological polar surface area (TPSA) is 66.4 Å². The van der Waals surface area contributed by atoms with Gasteiger partial charge in [0.25, 0.3) is 0 Å². The Kier molecular flexibility index (Phi) is 6.36. The molecule has 1 aromatic carbocycles. The van der Waals surface area contributed by atoms with Gasteiger partial charge in [-0.05, 0) is 30.0 Å². The third-order valence-corrected chi connectivity index (χ3v) is 3.09. The number of hydrogen-bond donors (Lipinski definition) is 2. The predicted molar refractivity (Wildman–Crippen MR) is 74.4 cm³/mol. The lowest BCUT2D eigenvalue weighted by atomic mass is 10.0. The van der Waals surface area contributed by atoms with Crippen LogP contribution in [0.2, 0.25) is 5.02 Å². The molecular formula is C14H18ClNO3. The van der Waals surface area contributed by atoms with E-state index in [-0.39, 0.29) is 24.7 Å². The van der Waals surface area contributed by atoms with E-state index in [9.17, 15) is 9.59 Å². The standard InChI is InChI=1S/C14H18ClNO3/c1-10(11-5-7-12(15)8-6-11)9-16-13(17)3-2-4-14(18)19/h5-8,10H,2-4,9H2,1H3,(H,16,17)(H,18,19). The molecule has 1 amide bonds. The van der Waals surface area contributed by atoms with Gasteiger partial charge in [-0.15, -0.1) is 0 Å². The zero-order valence-corrected chi connectivity index (χ0v) is 11.6. The normalized spacial score (nSPS) is 11.9. The molecule has 2 N–H and O–H groups in total. The number of benzene rings is 1. The van der Waals surface area contributed by atoms with Crippen molar-refractivity contribution in [1.82, 2.24) is 5.32 Å². The van der Waals surface area contributed by atoms with Crippen molar-refractivity contribution in [1.29, 1.82) is 0 Å². The fraction of sp³-hybridized carbons (Fsp3) is 0.429. The number of carbonyl (C=O) groups excluding carboxylic acids is 1. The van der Waals surface area contributed by atoms with E-state index in [4.69, 9.17) is 16.7 Å². The Morgan fingerprint density at radius 2 is 1.89 bits per heavy atom. The van der Waals surface area contributed by atoms with Crippen LogP contribution < -0.4 is 5.32 Å². The van der Waals surface area contributed by atoms with E-state index < -0.39 is 5.97 Å². The Hall–Kier alpha value is -1.55. The molecule has 0 bridgehead atoms. The van der Waals surface area contributed by atoms with Crippen LogP contribution in [0.5, 0.6) is 0 Å². The fourth-order valence-corrected chi connectivity index (χ4v) is 1.79. The highest BCUT2D eigenvalue weighted by Gasteiger charge is 2.08. The Labute approximate surface area is 117 Å². The highest BCUT2D eigenvalue weighted by molar-refractivity contribution is 6.30. The van der Waals surface area contributed by atoms with Gasteiger partial charge in [0.2, 0.25) is 5.91 Å². The van der Waals surface area contributed by atoms with Crippen molar-refractivity contribution in [2.75, 3.05) is 6.54 Å². The van der Waals surface area contributed by atoms with Gasteiger partial charge in [-0.25, -0.2) is 0 Å². The number of hydrogen-bond acceptors (Lipinski definition) is 2. The van der Waals surface area contributed by atoms with Crippen LogP contribution in [0.3, 0.4) is 0 Å². The first-order valence-corrected chi connectivity index (χ1v) is 6.61. The quantitative estimate of drug-likeness (QED) is 0.809. The van der Waals surface area contributed by atoms with Gasteiger partial charge < -0.3 is 10.4 Å². The lowest BCUT2D eigenvalue weighted by Gasteiger charge is -2.13. The fourth-order valence-electron chi connectivity index (χ4n) is 1.66. The molecular weight excluding hydrogens is 266 g/mol. The van der Waals surface area contributed by atoms with E-state index in [0.29, 0.717) is 18.0 Å². The van der Waals surface area contributed by atoms with Crippen molar-refractivity contribution in [3.63, 3.8) is 0 Å². The summed E-state index contributed by atoms with van der Waals surface area (Å²) in [5, 5.41) is 12.0. The number of nitrogens with one attached hydrogen (secondary N) is 1. The molecule has 4 nitrogen and oxygen atoms in total. The second kappa shape index (κ2) is 7.79. The van der Waals surface area contributed by atoms with Crippen molar-refractivity contribution < 1.29 is 14.7 Å². The van der Waals surface area contributed by atoms with Gasteiger partial charge in [0.15, 0.2) is 0 Å². The van der Waals surface area contributed by atoms with Crippen LogP contribution in [-0.2, 0) is 9.59 Å². The monoisotopic (exact) mass is 283 g/mol. The van der Waals surface area contributed by atoms with Crippen molar-refractivity contribution in [3.8, 4) is 0 Å². The van der Waals surface area contributed by atoms with E-state index in [0.717, 1.165) is 5.56 Å². The maximum Gasteiger partial charge on any atom is 0.303 e. The van der Waals surface area contributed by atoms with E-state index >= 15 is 0 Å². The first kappa shape index (κ1) is 15.5. The van der Waals surface area contributed by atoms with Crippen LogP contribution in [0, 0.1) is 0 Å². The molecule has 0 fully saturated rings. The first-order valence-electron chi connectivity index (χ1n) is 6.23. The van der Waals surface area contributed by atoms with Crippen LogP contribution in [-0.4, -0.2) is 23.5 Å². The number of amides is 1. The van der Waals surface area contributed by atoms with Crippen LogP contribution >= 0.6 is 11.6 Å². The van der Waals surface area contributed by atoms with Gasteiger partial charge in [0.1, 0.15) is 0 Å². The Morgan fingerprint density at radius 1 is 1.26 bits per heavy atom. The van der Waals surface area contributed by atoms with Crippen LogP contribution in [0.1, 0.15) is 37.7 Å². The third kappa shape index (κ3) is 6.25. The van der Waals surface area contributed by atoms with Crippen LogP contribution in [0.25, 0.3) is 0 Å². The number of aliphatic carboxylic acids is 1. The average Bonchev–Trinajstić information content (AvgIpc) is 2.36. The van der Waals surface area contributed by atoms with Gasteiger partial charge in [0.05, 0.1) is 0 Å². The molecule has 0 aromatic heterocycles. The highest BCUT2D eigenvalue weighted by atomic mass is 35.5. The number of carbonyl (C=O) groups is 2. The molecule has 0 spiro atoms. The van der Waals surface area contributed by atoms with Gasteiger partial charge in [-0.3, -0.25) is 9.59 Å². The maximum atomic E-state index is 11.5. The molecule has 1 unspecified atom stereocenters. The molecule has 0 saturated carbocycles. The van der Waals surface area contributed by atoms with Crippen molar-refractivity contribution >= 4 is 23.5 Å². The molecule has 0 saturated heterocycles. The summed E-state index contributed by atoms with van der Waals surface area (Å²) in [7, 11) is 0. The van der Waals surface area contributed by atoms with Gasteiger partial charge in [0, 0.05) is 24.4 Å². The summed E-state index contributed by atoms with van der Waals surface area (Å²) in [6.45, 7) is 2.55. The maximum absolute atomic E-state index is 11.5. The summed E-state index contributed by atoms with van der Waals surface area (Å²) < 4.78 is 0. The van der Waals surface area contributed by atoms with E-state index in [1.807, 2.05) is 31.2 Å². The third-order valence-electron chi connectivity index (χ3n) is 2.84. The number of carboxylic acids is 1. The molecule has 0 heterocycles. The van der Waals surface area contributed by atoms with Gasteiger partial charge in [-0.1, -0.05) is 30.7 Å². The number of rotatable bonds is 7. The summed E-state index contributed by atoms with van der Waals surface area (Å²) in [4.78, 5) is 21.8. The van der Waals surface area contributed by atoms with Crippen LogP contribution in [0.4, 0.5) is 0 Å². The second-order valence-corrected chi connectivity index (χ2v) is 4.94. The molecule has 19 heavy (non-hydrogen) atoms. The Balaban J connectivity index is 2.29. The molecule has 0 aliphatic rings. The predicted octanol–water partition coefficient (Wildman–Crippen LogP) is 2.81. The average molecular weight is 284 g/mol. The molecule has 0 radical (unpaired) electrons. The Bertz CT molecular complexity index is 431. The molecule has 104 valence electrons. The molecule has 0 aliphatic heterocycles. The first-order chi connectivity index (χ1) is 8.99. The summed E-state index contributed by atoms with van der Waals surface area (Å²) >= 11 is 5.81. The Morgan fingerprint density at radius 3 is 2.47 bits per heavy atom. The lowest BCUT2D eigenvalue weighted by molar-refractivity contribution is -0.137. The minimum absolute atomic E-state index is 0.0279.